The Bertz CT molecular complexity index is 813. The number of hydrogen-bond acceptors (Lipinski definition) is 1. The molecule has 1 heterocycles. The molecule has 1 N–H and O–H groups in total. The van der Waals surface area contributed by atoms with Gasteiger partial charge in [0.25, 0.3) is 0 Å². The highest BCUT2D eigenvalue weighted by atomic mass is 19.4. The first-order valence-corrected chi connectivity index (χ1v) is 7.16. The summed E-state index contributed by atoms with van der Waals surface area (Å²) < 4.78 is 40.0. The maximum absolute atomic E-state index is 13.3. The first kappa shape index (κ1) is 15.3. The summed E-state index contributed by atoms with van der Waals surface area (Å²) in [4.78, 5) is 6.64. The number of imidazole rings is 1. The molecule has 0 saturated carbocycles. The molecule has 0 aliphatic carbocycles. The third-order valence-corrected chi connectivity index (χ3v) is 3.64. The molecule has 2 nitrogen and oxygen atoms in total. The molecule has 0 spiro atoms. The molecule has 0 aliphatic rings. The number of H-pyrrole nitrogens is 1. The Hall–Kier alpha value is -2.56. The number of benzene rings is 2. The van der Waals surface area contributed by atoms with E-state index < -0.39 is 11.9 Å². The van der Waals surface area contributed by atoms with Gasteiger partial charge in [-0.15, -0.1) is 0 Å². The summed E-state index contributed by atoms with van der Waals surface area (Å²) in [6.07, 6.45) is -4.49. The first-order valence-electron chi connectivity index (χ1n) is 7.16. The number of nitrogens with zero attached hydrogens (tertiary/aromatic N) is 1. The van der Waals surface area contributed by atoms with Crippen LogP contribution in [0.1, 0.15) is 16.8 Å². The summed E-state index contributed by atoms with van der Waals surface area (Å²) in [7, 11) is 0. The summed E-state index contributed by atoms with van der Waals surface area (Å²) in [5.74, 6) is 0.216. The van der Waals surface area contributed by atoms with Crippen molar-refractivity contribution in [3.63, 3.8) is 0 Å². The molecule has 5 heteroatoms. The second-order valence-electron chi connectivity index (χ2n) is 5.54. The molecule has 0 amide bonds. The summed E-state index contributed by atoms with van der Waals surface area (Å²) >= 11 is 0. The fourth-order valence-electron chi connectivity index (χ4n) is 2.35. The first-order chi connectivity index (χ1) is 10.8. The number of halogens is 3. The van der Waals surface area contributed by atoms with Crippen molar-refractivity contribution in [2.24, 2.45) is 0 Å². The minimum absolute atomic E-state index is 0.0759. The zero-order chi connectivity index (χ0) is 16.6. The average Bonchev–Trinajstić information content (AvgIpc) is 2.94. The zero-order valence-electron chi connectivity index (χ0n) is 12.7. The van der Waals surface area contributed by atoms with Crippen LogP contribution in [0, 0.1) is 13.8 Å². The van der Waals surface area contributed by atoms with Crippen molar-refractivity contribution < 1.29 is 13.2 Å². The average molecular weight is 316 g/mol. The predicted molar refractivity (Wildman–Crippen MR) is 83.9 cm³/mol. The van der Waals surface area contributed by atoms with Gasteiger partial charge in [0.15, 0.2) is 0 Å². The maximum atomic E-state index is 13.3. The van der Waals surface area contributed by atoms with E-state index in [0.717, 1.165) is 11.1 Å². The van der Waals surface area contributed by atoms with Crippen LogP contribution < -0.4 is 0 Å². The van der Waals surface area contributed by atoms with Gasteiger partial charge in [-0.1, -0.05) is 59.7 Å². The van der Waals surface area contributed by atoms with Gasteiger partial charge < -0.3 is 4.98 Å². The van der Waals surface area contributed by atoms with Gasteiger partial charge >= 0.3 is 6.18 Å². The molecule has 0 fully saturated rings. The predicted octanol–water partition coefficient (Wildman–Crippen LogP) is 5.38. The number of rotatable bonds is 2. The molecular formula is C18H15F3N2. The molecule has 0 atom stereocenters. The molecule has 3 aromatic rings. The van der Waals surface area contributed by atoms with Crippen LogP contribution in [0.4, 0.5) is 13.2 Å². The molecule has 2 aromatic carbocycles. The lowest BCUT2D eigenvalue weighted by molar-refractivity contribution is -0.140. The molecule has 0 saturated heterocycles. The van der Waals surface area contributed by atoms with Crippen LogP contribution in [-0.2, 0) is 6.18 Å². The zero-order valence-corrected chi connectivity index (χ0v) is 12.7. The minimum atomic E-state index is -4.49. The standard InChI is InChI=1S/C18H15F3N2/c1-11-3-7-13(8-4-11)15-16(18(19,20)21)23-17(22-15)14-9-5-12(2)6-10-14/h3-10H,1-2H3,(H,22,23). The fourth-order valence-corrected chi connectivity index (χ4v) is 2.35. The van der Waals surface area contributed by atoms with Gasteiger partial charge in [-0.05, 0) is 13.8 Å². The van der Waals surface area contributed by atoms with Gasteiger partial charge in [-0.2, -0.15) is 13.2 Å². The summed E-state index contributed by atoms with van der Waals surface area (Å²) in [6, 6.07) is 14.1. The number of alkyl halides is 3. The van der Waals surface area contributed by atoms with Crippen molar-refractivity contribution in [3.05, 3.63) is 65.4 Å². The van der Waals surface area contributed by atoms with E-state index in [1.807, 2.05) is 26.0 Å². The topological polar surface area (TPSA) is 28.7 Å². The van der Waals surface area contributed by atoms with E-state index in [1.165, 1.54) is 0 Å². The molecule has 0 bridgehead atoms. The highest BCUT2D eigenvalue weighted by Gasteiger charge is 2.37. The summed E-state index contributed by atoms with van der Waals surface area (Å²) in [5, 5.41) is 0. The Kier molecular flexibility index (Phi) is 3.72. The fraction of sp³-hybridized carbons (Fsp3) is 0.167. The second kappa shape index (κ2) is 5.57. The molecule has 0 unspecified atom stereocenters. The van der Waals surface area contributed by atoms with Crippen LogP contribution in [0.5, 0.6) is 0 Å². The summed E-state index contributed by atoms with van der Waals surface area (Å²) in [6.45, 7) is 3.81. The highest BCUT2D eigenvalue weighted by molar-refractivity contribution is 5.68. The Morgan fingerprint density at radius 2 is 1.26 bits per heavy atom. The Labute approximate surface area is 132 Å². The molecule has 118 valence electrons. The number of aromatic amines is 1. The van der Waals surface area contributed by atoms with Crippen LogP contribution >= 0.6 is 0 Å². The Morgan fingerprint density at radius 3 is 1.74 bits per heavy atom. The molecule has 0 aliphatic heterocycles. The third-order valence-electron chi connectivity index (χ3n) is 3.64. The molecule has 23 heavy (non-hydrogen) atoms. The molecule has 0 radical (unpaired) electrons. The van der Waals surface area contributed by atoms with E-state index >= 15 is 0 Å². The smallest absolute Gasteiger partial charge is 0.334 e. The van der Waals surface area contributed by atoms with E-state index in [4.69, 9.17) is 0 Å². The van der Waals surface area contributed by atoms with Crippen LogP contribution in [0.2, 0.25) is 0 Å². The van der Waals surface area contributed by atoms with Crippen LogP contribution in [0.25, 0.3) is 22.6 Å². The van der Waals surface area contributed by atoms with Crippen molar-refractivity contribution >= 4 is 0 Å². The van der Waals surface area contributed by atoms with E-state index in [2.05, 4.69) is 9.97 Å². The highest BCUT2D eigenvalue weighted by Crippen LogP contribution is 2.37. The van der Waals surface area contributed by atoms with Gasteiger partial charge in [0.2, 0.25) is 0 Å². The lowest BCUT2D eigenvalue weighted by atomic mass is 10.1. The van der Waals surface area contributed by atoms with E-state index in [-0.39, 0.29) is 11.5 Å². The minimum Gasteiger partial charge on any atom is -0.334 e. The second-order valence-corrected chi connectivity index (χ2v) is 5.54. The largest absolute Gasteiger partial charge is 0.433 e. The Balaban J connectivity index is 2.14. The van der Waals surface area contributed by atoms with E-state index in [1.54, 1.807) is 36.4 Å². The number of nitrogens with one attached hydrogen (secondary N) is 1. The van der Waals surface area contributed by atoms with Crippen molar-refractivity contribution in [2.75, 3.05) is 0 Å². The SMILES string of the molecule is Cc1ccc(-c2nc(-c3ccc(C)cc3)c(C(F)(F)F)[nH]2)cc1. The third kappa shape index (κ3) is 3.13. The van der Waals surface area contributed by atoms with Crippen molar-refractivity contribution in [1.29, 1.82) is 0 Å². The van der Waals surface area contributed by atoms with Crippen LogP contribution in [0.3, 0.4) is 0 Å². The van der Waals surface area contributed by atoms with Crippen molar-refractivity contribution in [2.45, 2.75) is 20.0 Å². The molecule has 3 rings (SSSR count). The van der Waals surface area contributed by atoms with Gasteiger partial charge in [0.05, 0.1) is 0 Å². The van der Waals surface area contributed by atoms with Gasteiger partial charge in [-0.3, -0.25) is 0 Å². The van der Waals surface area contributed by atoms with Crippen LogP contribution in [0.15, 0.2) is 48.5 Å². The van der Waals surface area contributed by atoms with E-state index in [0.29, 0.717) is 11.1 Å². The van der Waals surface area contributed by atoms with Crippen molar-refractivity contribution in [3.8, 4) is 22.6 Å². The molecular weight excluding hydrogens is 301 g/mol. The van der Waals surface area contributed by atoms with Crippen molar-refractivity contribution in [1.82, 2.24) is 9.97 Å². The monoisotopic (exact) mass is 316 g/mol. The number of hydrogen-bond donors (Lipinski definition) is 1. The normalized spacial score (nSPS) is 11.7. The number of aromatic nitrogens is 2. The van der Waals surface area contributed by atoms with Gasteiger partial charge in [0, 0.05) is 11.1 Å². The Morgan fingerprint density at radius 1 is 0.783 bits per heavy atom. The maximum Gasteiger partial charge on any atom is 0.433 e. The van der Waals surface area contributed by atoms with Gasteiger partial charge in [0.1, 0.15) is 17.2 Å². The van der Waals surface area contributed by atoms with Gasteiger partial charge in [-0.25, -0.2) is 4.98 Å². The number of aryl methyl sites for hydroxylation is 2. The van der Waals surface area contributed by atoms with Crippen LogP contribution in [-0.4, -0.2) is 9.97 Å². The van der Waals surface area contributed by atoms with E-state index in [9.17, 15) is 13.2 Å². The molecule has 1 aromatic heterocycles. The summed E-state index contributed by atoms with van der Waals surface area (Å²) in [5.41, 5.74) is 2.19. The lowest BCUT2D eigenvalue weighted by Crippen LogP contribution is -2.07. The lowest BCUT2D eigenvalue weighted by Gasteiger charge is -2.06. The quantitative estimate of drug-likeness (QED) is 0.675.